The van der Waals surface area contributed by atoms with Crippen molar-refractivity contribution in [2.24, 2.45) is 10.3 Å². The molecule has 4 fully saturated rings. The molecule has 2 atom stereocenters. The number of ketones is 1. The van der Waals surface area contributed by atoms with Crippen LogP contribution in [0.4, 0.5) is 0 Å². The molecule has 0 spiro atoms. The van der Waals surface area contributed by atoms with Crippen molar-refractivity contribution < 1.29 is 21.6 Å². The van der Waals surface area contributed by atoms with Gasteiger partial charge in [-0.3, -0.25) is 9.69 Å². The van der Waals surface area contributed by atoms with Gasteiger partial charge in [0.15, 0.2) is 0 Å². The lowest BCUT2D eigenvalue weighted by molar-refractivity contribution is -0.121. The maximum Gasteiger partial charge on any atom is 0.213 e. The molecule has 4 heterocycles. The van der Waals surface area contributed by atoms with Gasteiger partial charge in [0.1, 0.15) is 5.78 Å². The number of Topliss-reactive ketones (excluding diaryl/α,β-unsaturated/α-hetero) is 1. The molecule has 0 bridgehead atoms. The first-order chi connectivity index (χ1) is 16.4. The molecule has 206 valence electrons. The molecule has 0 aromatic heterocycles. The van der Waals surface area contributed by atoms with Crippen LogP contribution in [0.3, 0.4) is 0 Å². The van der Waals surface area contributed by atoms with Gasteiger partial charge < -0.3 is 15.1 Å². The maximum atomic E-state index is 11.3. The molecule has 0 amide bonds. The summed E-state index contributed by atoms with van der Waals surface area (Å²) in [6.45, 7) is 13.6. The molecule has 0 radical (unpaired) electrons. The van der Waals surface area contributed by atoms with Crippen LogP contribution in [-0.2, 0) is 24.8 Å². The van der Waals surface area contributed by atoms with Gasteiger partial charge in [0.2, 0.25) is 20.0 Å². The number of nitrogens with one attached hydrogen (secondary N) is 1. The minimum absolute atomic E-state index is 0.341. The van der Waals surface area contributed by atoms with E-state index in [1.54, 1.807) is 0 Å². The predicted octanol–water partition coefficient (Wildman–Crippen LogP) is -0.858. The van der Waals surface area contributed by atoms with E-state index in [0.717, 1.165) is 78.0 Å². The molecule has 0 saturated carbocycles. The van der Waals surface area contributed by atoms with Crippen LogP contribution in [0.1, 0.15) is 52.4 Å². The molecule has 2 unspecified atom stereocenters. The van der Waals surface area contributed by atoms with Crippen LogP contribution in [0.2, 0.25) is 0 Å². The van der Waals surface area contributed by atoms with Crippen molar-refractivity contribution in [2.75, 3.05) is 65.4 Å². The fourth-order valence-electron chi connectivity index (χ4n) is 4.98. The third-order valence-electron chi connectivity index (χ3n) is 7.50. The number of primary sulfonamides is 2. The van der Waals surface area contributed by atoms with Crippen molar-refractivity contribution >= 4 is 25.8 Å². The first-order valence-corrected chi connectivity index (χ1v) is 16.1. The van der Waals surface area contributed by atoms with Crippen molar-refractivity contribution in [3.8, 4) is 0 Å². The smallest absolute Gasteiger partial charge is 0.213 e. The number of rotatable bonds is 5. The van der Waals surface area contributed by atoms with Crippen LogP contribution >= 0.6 is 0 Å². The molecule has 35 heavy (non-hydrogen) atoms. The normalized spacial score (nSPS) is 27.7. The molecule has 0 aromatic carbocycles. The third kappa shape index (κ3) is 10.7. The molecular formula is C22H46N6O5S2. The van der Waals surface area contributed by atoms with E-state index in [-0.39, 0.29) is 10.5 Å². The molecule has 4 aliphatic heterocycles. The van der Waals surface area contributed by atoms with Crippen molar-refractivity contribution in [3.63, 3.8) is 0 Å². The van der Waals surface area contributed by atoms with Crippen LogP contribution < -0.4 is 15.6 Å². The van der Waals surface area contributed by atoms with Gasteiger partial charge in [-0.1, -0.05) is 13.8 Å². The van der Waals surface area contributed by atoms with Crippen LogP contribution in [-0.4, -0.2) is 119 Å². The number of sulfonamides is 2. The second-order valence-electron chi connectivity index (χ2n) is 9.84. The number of piperidine rings is 2. The number of nitrogens with two attached hydrogens (primary N) is 2. The summed E-state index contributed by atoms with van der Waals surface area (Å²) in [7, 11) is -6.61. The summed E-state index contributed by atoms with van der Waals surface area (Å²) in [6.07, 6.45) is 5.21. The Morgan fingerprint density at radius 3 is 1.74 bits per heavy atom. The van der Waals surface area contributed by atoms with Gasteiger partial charge in [-0.2, -0.15) is 0 Å². The molecule has 0 aliphatic carbocycles. The Hall–Kier alpha value is -0.670. The van der Waals surface area contributed by atoms with Gasteiger partial charge in [0, 0.05) is 45.1 Å². The van der Waals surface area contributed by atoms with E-state index in [9.17, 15) is 21.6 Å². The molecule has 13 heteroatoms. The van der Waals surface area contributed by atoms with Gasteiger partial charge in [0.25, 0.3) is 0 Å². The average Bonchev–Trinajstić information content (AvgIpc) is 3.53. The zero-order chi connectivity index (χ0) is 26.1. The Morgan fingerprint density at radius 1 is 0.800 bits per heavy atom. The highest BCUT2D eigenvalue weighted by Crippen LogP contribution is 2.23. The van der Waals surface area contributed by atoms with Crippen molar-refractivity contribution in [3.05, 3.63) is 0 Å². The molecule has 0 aromatic rings. The zero-order valence-electron chi connectivity index (χ0n) is 21.4. The van der Waals surface area contributed by atoms with Crippen LogP contribution in [0.5, 0.6) is 0 Å². The van der Waals surface area contributed by atoms with E-state index in [1.807, 2.05) is 0 Å². The van der Waals surface area contributed by atoms with Crippen molar-refractivity contribution in [2.45, 2.75) is 68.9 Å². The Balaban J connectivity index is 0.000000203. The van der Waals surface area contributed by atoms with Crippen LogP contribution in [0.25, 0.3) is 0 Å². The van der Waals surface area contributed by atoms with Crippen LogP contribution in [0, 0.1) is 0 Å². The number of likely N-dealkylation sites (tertiary alicyclic amines) is 3. The molecule has 11 nitrogen and oxygen atoms in total. The van der Waals surface area contributed by atoms with E-state index in [4.69, 9.17) is 10.3 Å². The van der Waals surface area contributed by atoms with E-state index < -0.39 is 20.0 Å². The Morgan fingerprint density at radius 2 is 1.34 bits per heavy atom. The second-order valence-corrected chi connectivity index (χ2v) is 13.5. The number of carbonyl (C=O) groups excluding carboxylic acids is 1. The highest BCUT2D eigenvalue weighted by molar-refractivity contribution is 7.90. The summed E-state index contributed by atoms with van der Waals surface area (Å²) in [4.78, 5) is 17.8. The number of hydrogen-bond acceptors (Lipinski definition) is 9. The van der Waals surface area contributed by atoms with E-state index in [1.165, 1.54) is 0 Å². The molecule has 4 saturated heterocycles. The lowest BCUT2D eigenvalue weighted by Crippen LogP contribution is -2.44. The minimum atomic E-state index is -3.34. The topological polar surface area (TPSA) is 159 Å². The van der Waals surface area contributed by atoms with Gasteiger partial charge in [-0.05, 0) is 65.0 Å². The monoisotopic (exact) mass is 538 g/mol. The zero-order valence-corrected chi connectivity index (χ0v) is 23.0. The van der Waals surface area contributed by atoms with E-state index in [2.05, 4.69) is 33.9 Å². The summed E-state index contributed by atoms with van der Waals surface area (Å²) < 4.78 is 43.7. The Bertz CT molecular complexity index is 846. The average molecular weight is 539 g/mol. The van der Waals surface area contributed by atoms with Gasteiger partial charge in [-0.15, -0.1) is 0 Å². The SMILES string of the molecule is CCN1CCC(=O)CC1.CCN1CCC(N2CCC(S(N)(=O)=O)C2)CC1.NS(=O)(=O)C1CCNC1. The van der Waals surface area contributed by atoms with E-state index in [0.29, 0.717) is 37.8 Å². The summed E-state index contributed by atoms with van der Waals surface area (Å²) in [5, 5.41) is 12.3. The standard InChI is InChI=1S/C11H23N3O2S.C7H13NO.C4H10N2O2S/c1-2-13-6-3-10(4-7-13)14-8-5-11(9-14)17(12,15)16;1-2-8-5-3-7(9)4-6-8;5-9(7,8)4-1-2-6-3-4/h10-11H,2-9H2,1H3,(H2,12,15,16);2-6H2,1H3;4,6H,1-3H2,(H2,5,7,8). The molecule has 4 aliphatic rings. The largest absolute Gasteiger partial charge is 0.315 e. The van der Waals surface area contributed by atoms with Crippen molar-refractivity contribution in [1.29, 1.82) is 0 Å². The lowest BCUT2D eigenvalue weighted by atomic mass is 10.0. The van der Waals surface area contributed by atoms with E-state index >= 15 is 0 Å². The first kappa shape index (κ1) is 30.6. The van der Waals surface area contributed by atoms with Gasteiger partial charge in [0.05, 0.1) is 10.5 Å². The van der Waals surface area contributed by atoms with Gasteiger partial charge in [-0.25, -0.2) is 27.1 Å². The molecule has 5 N–H and O–H groups in total. The minimum Gasteiger partial charge on any atom is -0.315 e. The molecular weight excluding hydrogens is 492 g/mol. The van der Waals surface area contributed by atoms with Crippen LogP contribution in [0.15, 0.2) is 0 Å². The number of hydrogen-bond donors (Lipinski definition) is 3. The fraction of sp³-hybridized carbons (Fsp3) is 0.955. The lowest BCUT2D eigenvalue weighted by Gasteiger charge is -2.36. The first-order valence-electron chi connectivity index (χ1n) is 12.9. The highest BCUT2D eigenvalue weighted by Gasteiger charge is 2.35. The maximum absolute atomic E-state index is 11.3. The Kier molecular flexibility index (Phi) is 12.5. The van der Waals surface area contributed by atoms with Crippen molar-refractivity contribution in [1.82, 2.24) is 20.0 Å². The quantitative estimate of drug-likeness (QED) is 0.405. The predicted molar refractivity (Wildman–Crippen MR) is 139 cm³/mol. The summed E-state index contributed by atoms with van der Waals surface area (Å²) in [5.41, 5.74) is 0. The summed E-state index contributed by atoms with van der Waals surface area (Å²) in [6, 6.07) is 0.560. The van der Waals surface area contributed by atoms with Gasteiger partial charge >= 0.3 is 0 Å². The third-order valence-corrected chi connectivity index (χ3v) is 10.1. The Labute approximate surface area is 212 Å². The number of carbonyl (C=O) groups is 1. The molecule has 4 rings (SSSR count). The number of nitrogens with zero attached hydrogens (tertiary/aromatic N) is 3. The summed E-state index contributed by atoms with van der Waals surface area (Å²) >= 11 is 0. The summed E-state index contributed by atoms with van der Waals surface area (Å²) in [5.74, 6) is 0.430. The second kappa shape index (κ2) is 14.3. The fourth-order valence-corrected chi connectivity index (χ4v) is 6.61. The highest BCUT2D eigenvalue weighted by atomic mass is 32.2.